The summed E-state index contributed by atoms with van der Waals surface area (Å²) in [5.41, 5.74) is 3.79. The predicted molar refractivity (Wildman–Crippen MR) is 161 cm³/mol. The third-order valence-electron chi connectivity index (χ3n) is 8.27. The summed E-state index contributed by atoms with van der Waals surface area (Å²) in [7, 11) is -2.41. The van der Waals surface area contributed by atoms with Crippen LogP contribution in [0.2, 0.25) is 0 Å². The van der Waals surface area contributed by atoms with Crippen molar-refractivity contribution < 1.29 is 32.2 Å². The highest BCUT2D eigenvalue weighted by Crippen LogP contribution is 2.44. The van der Waals surface area contributed by atoms with Crippen molar-refractivity contribution in [2.24, 2.45) is 5.92 Å². The number of hydrogen-bond donors (Lipinski definition) is 0. The zero-order chi connectivity index (χ0) is 30.2. The summed E-state index contributed by atoms with van der Waals surface area (Å²) in [4.78, 5) is 15.1. The van der Waals surface area contributed by atoms with Gasteiger partial charge in [-0.05, 0) is 67.6 Å². The standard InChI is InChI=1S/C32H39NO7S2/c1-7-25-19-33(42(35,36)28-11-9-8-10-26(28)40-25)18-24-17-23(13-12-20(24)2)29(22(4)31(34)37-6)27-16-21(3)30(41-27)32(5)38-14-15-39-32/h8-13,16-17,22,25,29H,7,14-15,18-19H2,1-6H3/t22?,25-,29?/m1/s1. The van der Waals surface area contributed by atoms with Crippen LogP contribution in [-0.2, 0) is 41.4 Å². The van der Waals surface area contributed by atoms with E-state index in [1.54, 1.807) is 35.6 Å². The third-order valence-corrected chi connectivity index (χ3v) is 11.6. The van der Waals surface area contributed by atoms with Gasteiger partial charge in [0, 0.05) is 17.3 Å². The lowest BCUT2D eigenvalue weighted by molar-refractivity contribution is -0.147. The topological polar surface area (TPSA) is 91.4 Å². The second-order valence-corrected chi connectivity index (χ2v) is 14.2. The number of thiophene rings is 1. The van der Waals surface area contributed by atoms with Gasteiger partial charge in [0.1, 0.15) is 16.7 Å². The molecule has 42 heavy (non-hydrogen) atoms. The van der Waals surface area contributed by atoms with Crippen LogP contribution in [0.5, 0.6) is 5.75 Å². The summed E-state index contributed by atoms with van der Waals surface area (Å²) in [6.45, 7) is 11.3. The van der Waals surface area contributed by atoms with E-state index in [2.05, 4.69) is 6.07 Å². The number of esters is 1. The van der Waals surface area contributed by atoms with Gasteiger partial charge in [0.2, 0.25) is 15.8 Å². The Kier molecular flexibility index (Phi) is 8.83. The third kappa shape index (κ3) is 5.75. The Balaban J connectivity index is 1.55. The van der Waals surface area contributed by atoms with Crippen molar-refractivity contribution in [1.29, 1.82) is 0 Å². The molecule has 2 aliphatic heterocycles. The number of methoxy groups -OCH3 is 1. The van der Waals surface area contributed by atoms with E-state index < -0.39 is 21.7 Å². The molecule has 3 heterocycles. The Morgan fingerprint density at radius 3 is 2.52 bits per heavy atom. The van der Waals surface area contributed by atoms with Crippen molar-refractivity contribution >= 4 is 27.3 Å². The summed E-state index contributed by atoms with van der Waals surface area (Å²) < 4.78 is 52.4. The molecule has 2 aromatic carbocycles. The molecule has 3 atom stereocenters. The first-order chi connectivity index (χ1) is 20.0. The van der Waals surface area contributed by atoms with Crippen LogP contribution in [-0.4, -0.2) is 51.7 Å². The zero-order valence-corrected chi connectivity index (χ0v) is 26.6. The first-order valence-electron chi connectivity index (χ1n) is 14.3. The minimum absolute atomic E-state index is 0.179. The van der Waals surface area contributed by atoms with Gasteiger partial charge in [-0.2, -0.15) is 4.31 Å². The van der Waals surface area contributed by atoms with Crippen molar-refractivity contribution in [3.05, 3.63) is 80.5 Å². The van der Waals surface area contributed by atoms with E-state index in [0.29, 0.717) is 25.4 Å². The van der Waals surface area contributed by atoms with Gasteiger partial charge in [-0.1, -0.05) is 44.2 Å². The normalized spacial score (nSPS) is 21.1. The average Bonchev–Trinajstić information content (AvgIpc) is 3.56. The minimum atomic E-state index is -3.81. The number of fused-ring (bicyclic) bond motifs is 1. The van der Waals surface area contributed by atoms with Crippen LogP contribution in [0.25, 0.3) is 0 Å². The highest BCUT2D eigenvalue weighted by molar-refractivity contribution is 7.89. The lowest BCUT2D eigenvalue weighted by Crippen LogP contribution is -2.36. The van der Waals surface area contributed by atoms with Gasteiger partial charge in [0.25, 0.3) is 0 Å². The number of aryl methyl sites for hydroxylation is 2. The van der Waals surface area contributed by atoms with Crippen molar-refractivity contribution in [2.45, 2.75) is 70.3 Å². The first-order valence-corrected chi connectivity index (χ1v) is 16.6. The summed E-state index contributed by atoms with van der Waals surface area (Å²) in [5, 5.41) is 0. The number of hydrogen-bond acceptors (Lipinski definition) is 8. The average molecular weight is 614 g/mol. The maximum atomic E-state index is 13.8. The van der Waals surface area contributed by atoms with Crippen LogP contribution >= 0.6 is 11.3 Å². The summed E-state index contributed by atoms with van der Waals surface area (Å²) in [6.07, 6.45) is 0.401. The van der Waals surface area contributed by atoms with Crippen molar-refractivity contribution in [3.8, 4) is 5.75 Å². The van der Waals surface area contributed by atoms with Crippen LogP contribution in [0.3, 0.4) is 0 Å². The Hall–Kier alpha value is -2.76. The van der Waals surface area contributed by atoms with Crippen molar-refractivity contribution in [2.75, 3.05) is 26.9 Å². The Bertz CT molecular complexity index is 1560. The molecule has 3 aromatic rings. The second kappa shape index (κ2) is 12.1. The number of para-hydroxylation sites is 1. The molecule has 0 amide bonds. The maximum Gasteiger partial charge on any atom is 0.309 e. The van der Waals surface area contributed by atoms with Gasteiger partial charge in [-0.15, -0.1) is 11.3 Å². The van der Waals surface area contributed by atoms with E-state index in [1.165, 1.54) is 11.4 Å². The number of sulfonamides is 1. The SMILES string of the molecule is CC[C@@H]1CN(Cc2cc(C(c3cc(C)c(C4(C)OCCO4)s3)C(C)C(=O)OC)ccc2C)S(=O)(=O)c2ccccc2O1. The molecule has 2 unspecified atom stereocenters. The number of rotatable bonds is 8. The highest BCUT2D eigenvalue weighted by Gasteiger charge is 2.39. The summed E-state index contributed by atoms with van der Waals surface area (Å²) >= 11 is 1.58. The van der Waals surface area contributed by atoms with Gasteiger partial charge in [-0.3, -0.25) is 4.79 Å². The fourth-order valence-corrected chi connectivity index (χ4v) is 8.86. The highest BCUT2D eigenvalue weighted by atomic mass is 32.2. The van der Waals surface area contributed by atoms with Gasteiger partial charge in [0.05, 0.1) is 37.7 Å². The van der Waals surface area contributed by atoms with E-state index in [-0.39, 0.29) is 36.0 Å². The van der Waals surface area contributed by atoms with E-state index in [4.69, 9.17) is 18.9 Å². The van der Waals surface area contributed by atoms with Gasteiger partial charge in [0.15, 0.2) is 0 Å². The summed E-state index contributed by atoms with van der Waals surface area (Å²) in [6, 6.07) is 15.0. The van der Waals surface area contributed by atoms with E-state index >= 15 is 0 Å². The largest absolute Gasteiger partial charge is 0.488 e. The van der Waals surface area contributed by atoms with Gasteiger partial charge >= 0.3 is 5.97 Å². The lowest BCUT2D eigenvalue weighted by atomic mass is 9.84. The van der Waals surface area contributed by atoms with Crippen LogP contribution in [0.1, 0.15) is 65.1 Å². The molecule has 1 aromatic heterocycles. The van der Waals surface area contributed by atoms with Crippen LogP contribution in [0.4, 0.5) is 0 Å². The number of ether oxygens (including phenoxy) is 4. The Morgan fingerprint density at radius 1 is 1.12 bits per heavy atom. The van der Waals surface area contributed by atoms with E-state index in [9.17, 15) is 13.2 Å². The molecule has 1 fully saturated rings. The molecule has 0 saturated carbocycles. The Labute approximate surface area is 252 Å². The molecule has 1 saturated heterocycles. The first kappa shape index (κ1) is 30.7. The lowest BCUT2D eigenvalue weighted by Gasteiger charge is -2.26. The molecular weight excluding hydrogens is 574 g/mol. The molecule has 2 aliphatic rings. The van der Waals surface area contributed by atoms with E-state index in [1.807, 2.05) is 52.8 Å². The van der Waals surface area contributed by atoms with Gasteiger partial charge in [-0.25, -0.2) is 8.42 Å². The molecule has 226 valence electrons. The zero-order valence-electron chi connectivity index (χ0n) is 25.0. The number of benzene rings is 2. The predicted octanol–water partition coefficient (Wildman–Crippen LogP) is 5.89. The smallest absolute Gasteiger partial charge is 0.309 e. The Morgan fingerprint density at radius 2 is 1.83 bits per heavy atom. The quantitative estimate of drug-likeness (QED) is 0.293. The van der Waals surface area contributed by atoms with Crippen LogP contribution in [0.15, 0.2) is 53.4 Å². The van der Waals surface area contributed by atoms with Gasteiger partial charge < -0.3 is 18.9 Å². The van der Waals surface area contributed by atoms with Crippen molar-refractivity contribution in [3.63, 3.8) is 0 Å². The fraction of sp³-hybridized carbons (Fsp3) is 0.469. The molecule has 0 N–H and O–H groups in total. The molecular formula is C32H39NO7S2. The van der Waals surface area contributed by atoms with Crippen molar-refractivity contribution in [1.82, 2.24) is 4.31 Å². The monoisotopic (exact) mass is 613 g/mol. The molecule has 0 bridgehead atoms. The molecule has 10 heteroatoms. The number of nitrogens with zero attached hydrogens (tertiary/aromatic N) is 1. The molecule has 5 rings (SSSR count). The number of carbonyl (C=O) groups is 1. The minimum Gasteiger partial charge on any atom is -0.488 e. The maximum absolute atomic E-state index is 13.8. The van der Waals surface area contributed by atoms with Crippen LogP contribution < -0.4 is 4.74 Å². The number of carbonyl (C=O) groups excluding carboxylic acids is 1. The second-order valence-electron chi connectivity index (χ2n) is 11.2. The van der Waals surface area contributed by atoms with Crippen LogP contribution in [0, 0.1) is 19.8 Å². The molecule has 0 radical (unpaired) electrons. The van der Waals surface area contributed by atoms with E-state index in [0.717, 1.165) is 32.0 Å². The fourth-order valence-electron chi connectivity index (χ4n) is 5.83. The molecule has 0 aliphatic carbocycles. The molecule has 0 spiro atoms. The molecule has 8 nitrogen and oxygen atoms in total. The summed E-state index contributed by atoms with van der Waals surface area (Å²) in [5.74, 6) is -1.55.